The predicted octanol–water partition coefficient (Wildman–Crippen LogP) is 15.5. The van der Waals surface area contributed by atoms with Gasteiger partial charge in [-0.3, -0.25) is 0 Å². The van der Waals surface area contributed by atoms with Crippen molar-refractivity contribution < 1.29 is 18.4 Å². The molecule has 334 valence electrons. The Morgan fingerprint density at radius 1 is 0.509 bits per heavy atom. The Hall–Kier alpha value is -1.07. The molecule has 0 aliphatic carbocycles. The summed E-state index contributed by atoms with van der Waals surface area (Å²) in [5.74, 6) is 0. The lowest BCUT2D eigenvalue weighted by molar-refractivity contribution is -0.0999. The van der Waals surface area contributed by atoms with E-state index in [2.05, 4.69) is 113 Å². The van der Waals surface area contributed by atoms with Crippen LogP contribution in [0.5, 0.6) is 0 Å². The van der Waals surface area contributed by atoms with E-state index < -0.39 is 16.9 Å². The molecule has 0 fully saturated rings. The number of aliphatic hydroxyl groups is 1. The zero-order valence-corrected chi connectivity index (χ0v) is 41.1. The largest absolute Gasteiger partial charge is 0.436 e. The normalized spacial score (nSPS) is 13.7. The van der Waals surface area contributed by atoms with E-state index in [-0.39, 0.29) is 6.29 Å². The van der Waals surface area contributed by atoms with E-state index in [0.717, 1.165) is 90.4 Å². The molecule has 0 aromatic carbocycles. The third-order valence-electron chi connectivity index (χ3n) is 10.4. The smallest absolute Gasteiger partial charge is 0.323 e. The minimum Gasteiger partial charge on any atom is -0.436 e. The summed E-state index contributed by atoms with van der Waals surface area (Å²) in [5, 5.41) is 9.35. The van der Waals surface area contributed by atoms with Crippen LogP contribution in [0.15, 0.2) is 60.8 Å². The highest BCUT2D eigenvalue weighted by Crippen LogP contribution is 2.25. The van der Waals surface area contributed by atoms with Gasteiger partial charge in [0.1, 0.15) is 6.29 Å². The van der Waals surface area contributed by atoms with Gasteiger partial charge in [0, 0.05) is 13.2 Å². The lowest BCUT2D eigenvalue weighted by Crippen LogP contribution is -2.48. The molecule has 1 atom stereocenters. The number of unbranched alkanes of at least 4 members (excludes halogenated alkanes) is 15. The highest BCUT2D eigenvalue weighted by molar-refractivity contribution is 6.82. The first-order valence-electron chi connectivity index (χ1n) is 24.3. The monoisotopic (exact) mass is 832 g/mol. The highest BCUT2D eigenvalue weighted by atomic mass is 28.4. The molecule has 7 heteroatoms. The fourth-order valence-electron chi connectivity index (χ4n) is 7.23. The van der Waals surface area contributed by atoms with Gasteiger partial charge in [0.2, 0.25) is 0 Å². The van der Waals surface area contributed by atoms with E-state index in [0.29, 0.717) is 6.61 Å². The summed E-state index contributed by atoms with van der Waals surface area (Å²) in [4.78, 5) is 2.64. The second-order valence-electron chi connectivity index (χ2n) is 17.3. The Labute approximate surface area is 358 Å². The molecule has 0 amide bonds. The zero-order chi connectivity index (χ0) is 42.0. The van der Waals surface area contributed by atoms with Crippen LogP contribution in [0.1, 0.15) is 188 Å². The van der Waals surface area contributed by atoms with Crippen LogP contribution in [0.4, 0.5) is 0 Å². The minimum absolute atomic E-state index is 0.135. The quantitative estimate of drug-likeness (QED) is 0.0287. The molecular weight excluding hydrogens is 735 g/mol. The van der Waals surface area contributed by atoms with Crippen molar-refractivity contribution in [1.82, 2.24) is 4.90 Å². The fourth-order valence-corrected chi connectivity index (χ4v) is 15.1. The Bertz CT molecular complexity index is 993. The summed E-state index contributed by atoms with van der Waals surface area (Å²) in [6, 6.07) is 1.23. The Morgan fingerprint density at radius 3 is 1.56 bits per heavy atom. The number of rotatable bonds is 43. The molecule has 0 saturated carbocycles. The lowest BCUT2D eigenvalue weighted by atomic mass is 10.1. The molecule has 0 heterocycles. The molecule has 0 spiro atoms. The number of hydrogen-bond donors (Lipinski definition) is 1. The van der Waals surface area contributed by atoms with Gasteiger partial charge < -0.3 is 23.3 Å². The molecule has 0 bridgehead atoms. The third kappa shape index (κ3) is 41.5. The molecule has 0 aliphatic rings. The maximum atomic E-state index is 9.35. The molecule has 5 nitrogen and oxygen atoms in total. The van der Waals surface area contributed by atoms with Crippen molar-refractivity contribution in [1.29, 1.82) is 0 Å². The van der Waals surface area contributed by atoms with Crippen molar-refractivity contribution in [3.63, 3.8) is 0 Å². The minimum atomic E-state index is -2.30. The van der Waals surface area contributed by atoms with Gasteiger partial charge >= 0.3 is 8.56 Å². The molecule has 0 aromatic rings. The van der Waals surface area contributed by atoms with Gasteiger partial charge in [-0.05, 0) is 142 Å². The van der Waals surface area contributed by atoms with Crippen molar-refractivity contribution in [3.8, 4) is 0 Å². The molecule has 0 aromatic heterocycles. The fraction of sp³-hybridized carbons (Fsp3) is 0.800. The molecule has 57 heavy (non-hydrogen) atoms. The second-order valence-corrected chi connectivity index (χ2v) is 25.2. The number of aliphatic hydroxyl groups excluding tert-OH is 1. The molecule has 0 aliphatic heterocycles. The van der Waals surface area contributed by atoms with Crippen LogP contribution in [0.2, 0.25) is 32.2 Å². The van der Waals surface area contributed by atoms with E-state index in [1.54, 1.807) is 0 Å². The van der Waals surface area contributed by atoms with E-state index in [4.69, 9.17) is 13.3 Å². The van der Waals surface area contributed by atoms with E-state index >= 15 is 0 Å². The van der Waals surface area contributed by atoms with Gasteiger partial charge in [0.25, 0.3) is 0 Å². The average molecular weight is 833 g/mol. The summed E-state index contributed by atoms with van der Waals surface area (Å²) < 4.78 is 20.1. The number of ether oxygens (including phenoxy) is 1. The van der Waals surface area contributed by atoms with Crippen molar-refractivity contribution in [2.75, 3.05) is 32.8 Å². The van der Waals surface area contributed by atoms with Crippen LogP contribution < -0.4 is 0 Å². The lowest BCUT2D eigenvalue weighted by Gasteiger charge is -2.36. The third-order valence-corrected chi connectivity index (χ3v) is 17.0. The molecule has 0 radical (unpaired) electrons. The highest BCUT2D eigenvalue weighted by Gasteiger charge is 2.36. The van der Waals surface area contributed by atoms with Crippen LogP contribution in [0, 0.1) is 0 Å². The number of nitrogens with zero attached hydrogens (tertiary/aromatic N) is 1. The van der Waals surface area contributed by atoms with Crippen LogP contribution in [0.25, 0.3) is 0 Å². The summed E-state index contributed by atoms with van der Waals surface area (Å²) in [5.41, 5.74) is 0. The standard InChI is InChI=1S/C50H97NO4Si2/c1-8-11-14-17-19-20-21-22-23-24-25-26-27-28-29-30-32-37-44-51(46-39-40-47-52)45-38-33-34-41-48-53-50(43-36-31-16-13-10-3)54-57(6,7)55-56(4,5)49-42-35-18-15-12-9-2/h11,14,19-20,22-23,25-26,28-29,50,52H,8-10,12-13,15-18,21,24,27,30-49H2,1-7H3/b14-11-,20-19-,23-22-,26-25-,29-28-. The van der Waals surface area contributed by atoms with Crippen molar-refractivity contribution in [2.45, 2.75) is 226 Å². The van der Waals surface area contributed by atoms with Crippen molar-refractivity contribution in [2.24, 2.45) is 0 Å². The van der Waals surface area contributed by atoms with Gasteiger partial charge in [0.05, 0.1) is 0 Å². The molecule has 1 unspecified atom stereocenters. The van der Waals surface area contributed by atoms with Crippen molar-refractivity contribution >= 4 is 16.9 Å². The number of allylic oxidation sites excluding steroid dienone is 10. The Balaban J connectivity index is 4.50. The summed E-state index contributed by atoms with van der Waals surface area (Å²) >= 11 is 0. The number of hydrogen-bond acceptors (Lipinski definition) is 5. The maximum Gasteiger partial charge on any atom is 0.323 e. The first-order valence-corrected chi connectivity index (χ1v) is 30.2. The van der Waals surface area contributed by atoms with E-state index in [1.165, 1.54) is 109 Å². The van der Waals surface area contributed by atoms with Gasteiger partial charge in [0.15, 0.2) is 8.32 Å². The van der Waals surface area contributed by atoms with Crippen LogP contribution in [-0.2, 0) is 13.3 Å². The van der Waals surface area contributed by atoms with Crippen LogP contribution in [0.3, 0.4) is 0 Å². The Morgan fingerprint density at radius 2 is 0.982 bits per heavy atom. The summed E-state index contributed by atoms with van der Waals surface area (Å²) in [7, 11) is -4.07. The average Bonchev–Trinajstić information content (AvgIpc) is 3.17. The maximum absolute atomic E-state index is 9.35. The van der Waals surface area contributed by atoms with Crippen LogP contribution in [-0.4, -0.2) is 66.0 Å². The van der Waals surface area contributed by atoms with E-state index in [9.17, 15) is 5.11 Å². The van der Waals surface area contributed by atoms with Gasteiger partial charge in [-0.2, -0.15) is 0 Å². The first-order chi connectivity index (χ1) is 27.7. The summed E-state index contributed by atoms with van der Waals surface area (Å²) in [6.07, 6.45) is 53.5. The van der Waals surface area contributed by atoms with Gasteiger partial charge in [-0.25, -0.2) is 0 Å². The van der Waals surface area contributed by atoms with Gasteiger partial charge in [-0.15, -0.1) is 0 Å². The first kappa shape index (κ1) is 55.9. The molecular formula is C50H97NO4Si2. The zero-order valence-electron chi connectivity index (χ0n) is 39.1. The predicted molar refractivity (Wildman–Crippen MR) is 258 cm³/mol. The van der Waals surface area contributed by atoms with Crippen LogP contribution >= 0.6 is 0 Å². The molecule has 0 saturated heterocycles. The molecule has 1 N–H and O–H groups in total. The van der Waals surface area contributed by atoms with Crippen molar-refractivity contribution in [3.05, 3.63) is 60.8 Å². The SMILES string of the molecule is CC/C=C\C/C=C\C/C=C\C/C=C\C/C=C\CCCCN(CCCCO)CCCCCCOC(CCCCCCC)O[Si](C)(C)O[Si](C)(C)CCCCCCCC. The topological polar surface area (TPSA) is 51.2 Å². The molecule has 0 rings (SSSR count). The summed E-state index contributed by atoms with van der Waals surface area (Å²) in [6.45, 7) is 20.5. The Kier molecular flexibility index (Phi) is 40.9. The van der Waals surface area contributed by atoms with Gasteiger partial charge in [-0.1, -0.05) is 159 Å². The second kappa shape index (κ2) is 41.7. The van der Waals surface area contributed by atoms with E-state index in [1.807, 2.05) is 0 Å².